The molecule has 21 heavy (non-hydrogen) atoms. The second-order valence-corrected chi connectivity index (χ2v) is 5.74. The van der Waals surface area contributed by atoms with Crippen molar-refractivity contribution in [3.05, 3.63) is 52.7 Å². The van der Waals surface area contributed by atoms with Gasteiger partial charge in [0.2, 0.25) is 5.88 Å². The molecule has 0 amide bonds. The van der Waals surface area contributed by atoms with Gasteiger partial charge in [-0.3, -0.25) is 0 Å². The van der Waals surface area contributed by atoms with Crippen LogP contribution < -0.4 is 10.1 Å². The molecule has 1 aliphatic rings. The lowest BCUT2D eigenvalue weighted by Crippen LogP contribution is -2.16. The van der Waals surface area contributed by atoms with E-state index in [4.69, 9.17) is 16.3 Å². The van der Waals surface area contributed by atoms with Gasteiger partial charge in [0.25, 0.3) is 0 Å². The number of ether oxygens (including phenoxy) is 1. The van der Waals surface area contributed by atoms with E-state index in [1.54, 1.807) is 6.20 Å². The Morgan fingerprint density at radius 3 is 2.90 bits per heavy atom. The molecular formula is C17H19ClN2O. The molecule has 0 unspecified atom stereocenters. The molecule has 110 valence electrons. The summed E-state index contributed by atoms with van der Waals surface area (Å²) >= 11 is 6.14. The fourth-order valence-corrected chi connectivity index (χ4v) is 2.44. The number of aryl methyl sites for hydroxylation is 1. The monoisotopic (exact) mass is 302 g/mol. The molecule has 2 aromatic rings. The van der Waals surface area contributed by atoms with Crippen LogP contribution in [0.1, 0.15) is 30.9 Å². The number of pyridine rings is 1. The molecule has 4 heteroatoms. The Kier molecular flexibility index (Phi) is 4.42. The zero-order valence-corrected chi connectivity index (χ0v) is 12.9. The van der Waals surface area contributed by atoms with Crippen molar-refractivity contribution >= 4 is 11.6 Å². The number of benzene rings is 1. The van der Waals surface area contributed by atoms with Crippen LogP contribution in [0.2, 0.25) is 5.02 Å². The van der Waals surface area contributed by atoms with Gasteiger partial charge in [0, 0.05) is 29.4 Å². The Morgan fingerprint density at radius 2 is 2.14 bits per heavy atom. The highest BCUT2D eigenvalue weighted by Crippen LogP contribution is 2.28. The summed E-state index contributed by atoms with van der Waals surface area (Å²) in [6.07, 6.45) is 5.18. The number of nitrogens with one attached hydrogen (secondary N) is 1. The molecule has 1 aliphatic carbocycles. The third kappa shape index (κ3) is 3.74. The molecule has 1 aromatic carbocycles. The highest BCUT2D eigenvalue weighted by atomic mass is 35.5. The van der Waals surface area contributed by atoms with Gasteiger partial charge in [0.05, 0.1) is 0 Å². The molecule has 1 aromatic heterocycles. The van der Waals surface area contributed by atoms with Gasteiger partial charge in [-0.15, -0.1) is 0 Å². The molecule has 1 N–H and O–H groups in total. The lowest BCUT2D eigenvalue weighted by molar-refractivity contribution is 0.452. The molecular weight excluding hydrogens is 284 g/mol. The maximum Gasteiger partial charge on any atom is 0.223 e. The second-order valence-electron chi connectivity index (χ2n) is 5.33. The first-order chi connectivity index (χ1) is 10.3. The molecule has 1 heterocycles. The molecule has 0 saturated heterocycles. The topological polar surface area (TPSA) is 34.1 Å². The molecule has 0 aliphatic heterocycles. The fraction of sp³-hybridized carbons (Fsp3) is 0.353. The van der Waals surface area contributed by atoms with E-state index in [1.165, 1.54) is 12.8 Å². The maximum absolute atomic E-state index is 6.14. The summed E-state index contributed by atoms with van der Waals surface area (Å²) in [6.45, 7) is 2.87. The molecule has 3 rings (SSSR count). The lowest BCUT2D eigenvalue weighted by atomic mass is 10.1. The van der Waals surface area contributed by atoms with E-state index in [9.17, 15) is 0 Å². The predicted molar refractivity (Wildman–Crippen MR) is 85.0 cm³/mol. The van der Waals surface area contributed by atoms with Gasteiger partial charge in [-0.05, 0) is 49.1 Å². The van der Waals surface area contributed by atoms with E-state index in [1.807, 2.05) is 30.3 Å². The summed E-state index contributed by atoms with van der Waals surface area (Å²) in [4.78, 5) is 4.36. The van der Waals surface area contributed by atoms with E-state index in [2.05, 4.69) is 17.2 Å². The standard InChI is InChI=1S/C17H19ClN2O/c1-2-12-10-15(7-8-16(12)18)21-17-13(4-3-9-19-17)11-20-14-5-6-14/h3-4,7-10,14,20H,2,5-6,11H2,1H3. The van der Waals surface area contributed by atoms with Crippen LogP contribution in [0.5, 0.6) is 11.6 Å². The van der Waals surface area contributed by atoms with Gasteiger partial charge in [-0.25, -0.2) is 4.98 Å². The Balaban J connectivity index is 1.77. The van der Waals surface area contributed by atoms with Crippen LogP contribution in [0, 0.1) is 0 Å². The number of hydrogen-bond donors (Lipinski definition) is 1. The number of rotatable bonds is 6. The molecule has 1 saturated carbocycles. The van der Waals surface area contributed by atoms with Crippen molar-refractivity contribution in [1.29, 1.82) is 0 Å². The zero-order valence-electron chi connectivity index (χ0n) is 12.1. The van der Waals surface area contributed by atoms with E-state index < -0.39 is 0 Å². The van der Waals surface area contributed by atoms with Gasteiger partial charge in [-0.1, -0.05) is 24.6 Å². The molecule has 0 bridgehead atoms. The van der Waals surface area contributed by atoms with Crippen molar-refractivity contribution in [3.8, 4) is 11.6 Å². The number of nitrogens with zero attached hydrogens (tertiary/aromatic N) is 1. The highest BCUT2D eigenvalue weighted by molar-refractivity contribution is 6.31. The van der Waals surface area contributed by atoms with Crippen molar-refractivity contribution in [2.24, 2.45) is 0 Å². The molecule has 0 radical (unpaired) electrons. The Bertz CT molecular complexity index is 626. The highest BCUT2D eigenvalue weighted by Gasteiger charge is 2.20. The average Bonchev–Trinajstić information content (AvgIpc) is 3.32. The first-order valence-corrected chi connectivity index (χ1v) is 7.77. The summed E-state index contributed by atoms with van der Waals surface area (Å²) in [5.41, 5.74) is 2.17. The van der Waals surface area contributed by atoms with Crippen LogP contribution in [0.25, 0.3) is 0 Å². The van der Waals surface area contributed by atoms with Crippen molar-refractivity contribution in [2.75, 3.05) is 0 Å². The Morgan fingerprint density at radius 1 is 1.29 bits per heavy atom. The van der Waals surface area contributed by atoms with Crippen LogP contribution >= 0.6 is 11.6 Å². The van der Waals surface area contributed by atoms with Crippen molar-refractivity contribution in [2.45, 2.75) is 38.8 Å². The summed E-state index contributed by atoms with van der Waals surface area (Å²) in [6, 6.07) is 10.4. The third-order valence-electron chi connectivity index (χ3n) is 3.62. The summed E-state index contributed by atoms with van der Waals surface area (Å²) in [5, 5.41) is 4.27. The van der Waals surface area contributed by atoms with Crippen molar-refractivity contribution in [1.82, 2.24) is 10.3 Å². The Hall–Kier alpha value is -1.58. The van der Waals surface area contributed by atoms with Crippen LogP contribution in [0.15, 0.2) is 36.5 Å². The van der Waals surface area contributed by atoms with Gasteiger partial charge < -0.3 is 10.1 Å². The van der Waals surface area contributed by atoms with Crippen molar-refractivity contribution in [3.63, 3.8) is 0 Å². The van der Waals surface area contributed by atoms with E-state index in [0.717, 1.165) is 34.9 Å². The first kappa shape index (κ1) is 14.4. The number of halogens is 1. The van der Waals surface area contributed by atoms with Gasteiger partial charge in [0.1, 0.15) is 5.75 Å². The van der Waals surface area contributed by atoms with Crippen LogP contribution in [0.3, 0.4) is 0 Å². The van der Waals surface area contributed by atoms with E-state index in [0.29, 0.717) is 11.9 Å². The smallest absolute Gasteiger partial charge is 0.223 e. The molecule has 0 atom stereocenters. The zero-order chi connectivity index (χ0) is 14.7. The maximum atomic E-state index is 6.14. The van der Waals surface area contributed by atoms with Crippen LogP contribution in [0.4, 0.5) is 0 Å². The number of hydrogen-bond acceptors (Lipinski definition) is 3. The number of aromatic nitrogens is 1. The quantitative estimate of drug-likeness (QED) is 0.862. The molecule has 0 spiro atoms. The summed E-state index contributed by atoms with van der Waals surface area (Å²) in [7, 11) is 0. The average molecular weight is 303 g/mol. The minimum atomic E-state index is 0.662. The largest absolute Gasteiger partial charge is 0.439 e. The third-order valence-corrected chi connectivity index (χ3v) is 3.99. The minimum Gasteiger partial charge on any atom is -0.439 e. The first-order valence-electron chi connectivity index (χ1n) is 7.40. The summed E-state index contributed by atoms with van der Waals surface area (Å²) in [5.74, 6) is 1.44. The van der Waals surface area contributed by atoms with Crippen LogP contribution in [-0.2, 0) is 13.0 Å². The Labute approximate surface area is 130 Å². The summed E-state index contributed by atoms with van der Waals surface area (Å²) < 4.78 is 5.95. The van der Waals surface area contributed by atoms with E-state index >= 15 is 0 Å². The molecule has 1 fully saturated rings. The van der Waals surface area contributed by atoms with Crippen molar-refractivity contribution < 1.29 is 4.74 Å². The van der Waals surface area contributed by atoms with E-state index in [-0.39, 0.29) is 0 Å². The lowest BCUT2D eigenvalue weighted by Gasteiger charge is -2.11. The fourth-order valence-electron chi connectivity index (χ4n) is 2.19. The van der Waals surface area contributed by atoms with Gasteiger partial charge in [0.15, 0.2) is 0 Å². The SMILES string of the molecule is CCc1cc(Oc2ncccc2CNC2CC2)ccc1Cl. The van der Waals surface area contributed by atoms with Gasteiger partial charge in [-0.2, -0.15) is 0 Å². The molecule has 3 nitrogen and oxygen atoms in total. The normalized spacial score (nSPS) is 14.2. The second kappa shape index (κ2) is 6.46. The predicted octanol–water partition coefficient (Wildman–Crippen LogP) is 4.34. The van der Waals surface area contributed by atoms with Crippen LogP contribution in [-0.4, -0.2) is 11.0 Å². The van der Waals surface area contributed by atoms with Gasteiger partial charge >= 0.3 is 0 Å². The minimum absolute atomic E-state index is 0.662.